The van der Waals surface area contributed by atoms with Gasteiger partial charge < -0.3 is 10.6 Å². The SMILES string of the molecule is Cc1nc(-c2ccc(C(=O)NCC3CNC(=O)C3)cc2)cs1. The lowest BCUT2D eigenvalue weighted by molar-refractivity contribution is -0.119. The van der Waals surface area contributed by atoms with E-state index in [2.05, 4.69) is 15.6 Å². The molecule has 114 valence electrons. The average Bonchev–Trinajstić information content (AvgIpc) is 3.13. The Balaban J connectivity index is 1.60. The van der Waals surface area contributed by atoms with Crippen LogP contribution in [0.3, 0.4) is 0 Å². The summed E-state index contributed by atoms with van der Waals surface area (Å²) in [5.41, 5.74) is 2.56. The highest BCUT2D eigenvalue weighted by atomic mass is 32.1. The largest absolute Gasteiger partial charge is 0.356 e. The summed E-state index contributed by atoms with van der Waals surface area (Å²) in [5.74, 6) is 0.135. The van der Waals surface area contributed by atoms with Crippen molar-refractivity contribution in [1.82, 2.24) is 15.6 Å². The van der Waals surface area contributed by atoms with Crippen LogP contribution in [0, 0.1) is 12.8 Å². The Morgan fingerprint density at radius 3 is 2.77 bits per heavy atom. The first kappa shape index (κ1) is 14.7. The van der Waals surface area contributed by atoms with E-state index < -0.39 is 0 Å². The van der Waals surface area contributed by atoms with E-state index in [1.165, 1.54) is 0 Å². The van der Waals surface area contributed by atoms with Crippen LogP contribution < -0.4 is 10.6 Å². The van der Waals surface area contributed by atoms with Crippen LogP contribution in [-0.4, -0.2) is 29.9 Å². The molecule has 0 saturated carbocycles. The molecule has 6 heteroatoms. The fraction of sp³-hybridized carbons (Fsp3) is 0.312. The Kier molecular flexibility index (Phi) is 4.20. The number of hydrogen-bond acceptors (Lipinski definition) is 4. The van der Waals surface area contributed by atoms with Crippen LogP contribution in [0.1, 0.15) is 21.8 Å². The van der Waals surface area contributed by atoms with Gasteiger partial charge in [0, 0.05) is 41.9 Å². The van der Waals surface area contributed by atoms with Gasteiger partial charge in [-0.15, -0.1) is 11.3 Å². The topological polar surface area (TPSA) is 71.1 Å². The molecular weight excluding hydrogens is 298 g/mol. The van der Waals surface area contributed by atoms with Gasteiger partial charge in [-0.2, -0.15) is 0 Å². The molecule has 3 rings (SSSR count). The van der Waals surface area contributed by atoms with Gasteiger partial charge in [0.25, 0.3) is 5.91 Å². The van der Waals surface area contributed by atoms with Crippen molar-refractivity contribution in [3.63, 3.8) is 0 Å². The summed E-state index contributed by atoms with van der Waals surface area (Å²) >= 11 is 1.61. The maximum Gasteiger partial charge on any atom is 0.251 e. The highest BCUT2D eigenvalue weighted by Crippen LogP contribution is 2.21. The van der Waals surface area contributed by atoms with Crippen LogP contribution in [0.25, 0.3) is 11.3 Å². The monoisotopic (exact) mass is 315 g/mol. The fourth-order valence-corrected chi connectivity index (χ4v) is 3.06. The summed E-state index contributed by atoms with van der Waals surface area (Å²) in [7, 11) is 0. The van der Waals surface area contributed by atoms with E-state index >= 15 is 0 Å². The quantitative estimate of drug-likeness (QED) is 0.906. The molecule has 1 unspecified atom stereocenters. The van der Waals surface area contributed by atoms with Gasteiger partial charge in [0.1, 0.15) is 0 Å². The zero-order valence-corrected chi connectivity index (χ0v) is 13.1. The van der Waals surface area contributed by atoms with Crippen molar-refractivity contribution >= 4 is 23.2 Å². The minimum atomic E-state index is -0.111. The summed E-state index contributed by atoms with van der Waals surface area (Å²) in [6, 6.07) is 7.42. The van der Waals surface area contributed by atoms with E-state index in [-0.39, 0.29) is 17.7 Å². The molecule has 1 aliphatic heterocycles. The van der Waals surface area contributed by atoms with Crippen molar-refractivity contribution < 1.29 is 9.59 Å². The zero-order valence-electron chi connectivity index (χ0n) is 12.3. The van der Waals surface area contributed by atoms with Crippen LogP contribution >= 0.6 is 11.3 Å². The Bertz CT molecular complexity index is 694. The molecule has 1 fully saturated rings. The van der Waals surface area contributed by atoms with Crippen molar-refractivity contribution in [2.45, 2.75) is 13.3 Å². The predicted molar refractivity (Wildman–Crippen MR) is 85.7 cm³/mol. The van der Waals surface area contributed by atoms with Crippen molar-refractivity contribution in [2.24, 2.45) is 5.92 Å². The standard InChI is InChI=1S/C16H17N3O2S/c1-10-19-14(9-22-10)12-2-4-13(5-3-12)16(21)18-8-11-6-15(20)17-7-11/h2-5,9,11H,6-8H2,1H3,(H,17,20)(H,18,21). The van der Waals surface area contributed by atoms with Crippen LogP contribution in [0.15, 0.2) is 29.6 Å². The predicted octanol–water partition coefficient (Wildman–Crippen LogP) is 1.98. The summed E-state index contributed by atoms with van der Waals surface area (Å²) in [6.45, 7) is 3.13. The third-order valence-electron chi connectivity index (χ3n) is 3.68. The molecular formula is C16H17N3O2S. The maximum absolute atomic E-state index is 12.1. The van der Waals surface area contributed by atoms with Gasteiger partial charge in [0.05, 0.1) is 10.7 Å². The summed E-state index contributed by atoms with van der Waals surface area (Å²) in [4.78, 5) is 27.6. The number of nitrogens with one attached hydrogen (secondary N) is 2. The summed E-state index contributed by atoms with van der Waals surface area (Å²) in [5, 5.41) is 8.68. The number of nitrogens with zero attached hydrogens (tertiary/aromatic N) is 1. The van der Waals surface area contributed by atoms with Gasteiger partial charge in [0.2, 0.25) is 5.91 Å². The number of carbonyl (C=O) groups is 2. The van der Waals surface area contributed by atoms with Crippen LogP contribution in [0.2, 0.25) is 0 Å². The first-order chi connectivity index (χ1) is 10.6. The third kappa shape index (κ3) is 3.33. The van der Waals surface area contributed by atoms with Crippen LogP contribution in [-0.2, 0) is 4.79 Å². The highest BCUT2D eigenvalue weighted by Gasteiger charge is 2.21. The number of hydrogen-bond donors (Lipinski definition) is 2. The van der Waals surface area contributed by atoms with Crippen molar-refractivity contribution in [3.05, 3.63) is 40.2 Å². The Morgan fingerprint density at radius 1 is 1.41 bits per heavy atom. The maximum atomic E-state index is 12.1. The van der Waals surface area contributed by atoms with Crippen molar-refractivity contribution in [3.8, 4) is 11.3 Å². The smallest absolute Gasteiger partial charge is 0.251 e. The summed E-state index contributed by atoms with van der Waals surface area (Å²) < 4.78 is 0. The highest BCUT2D eigenvalue weighted by molar-refractivity contribution is 7.09. The van der Waals surface area contributed by atoms with Crippen molar-refractivity contribution in [1.29, 1.82) is 0 Å². The zero-order chi connectivity index (χ0) is 15.5. The molecule has 1 aromatic heterocycles. The van der Waals surface area contributed by atoms with E-state index in [1.54, 1.807) is 23.5 Å². The number of rotatable bonds is 4. The van der Waals surface area contributed by atoms with E-state index in [0.717, 1.165) is 16.3 Å². The molecule has 2 amide bonds. The molecule has 1 aromatic carbocycles. The Hall–Kier alpha value is -2.21. The minimum Gasteiger partial charge on any atom is -0.356 e. The lowest BCUT2D eigenvalue weighted by Gasteiger charge is -2.09. The number of aromatic nitrogens is 1. The minimum absolute atomic E-state index is 0.0576. The molecule has 2 N–H and O–H groups in total. The average molecular weight is 315 g/mol. The normalized spacial score (nSPS) is 17.3. The molecule has 0 spiro atoms. The molecule has 2 heterocycles. The number of carbonyl (C=O) groups excluding carboxylic acids is 2. The number of benzene rings is 1. The van der Waals surface area contributed by atoms with E-state index in [0.29, 0.717) is 25.1 Å². The van der Waals surface area contributed by atoms with Crippen LogP contribution in [0.4, 0.5) is 0 Å². The molecule has 2 aromatic rings. The number of amides is 2. The lowest BCUT2D eigenvalue weighted by Crippen LogP contribution is -2.30. The second kappa shape index (κ2) is 6.27. The van der Waals surface area contributed by atoms with Gasteiger partial charge in [-0.1, -0.05) is 12.1 Å². The fourth-order valence-electron chi connectivity index (χ4n) is 2.44. The summed E-state index contributed by atoms with van der Waals surface area (Å²) in [6.07, 6.45) is 0.488. The molecule has 5 nitrogen and oxygen atoms in total. The molecule has 1 aliphatic rings. The van der Waals surface area contributed by atoms with Crippen molar-refractivity contribution in [2.75, 3.05) is 13.1 Å². The van der Waals surface area contributed by atoms with Gasteiger partial charge in [-0.3, -0.25) is 9.59 Å². The van der Waals surface area contributed by atoms with E-state index in [9.17, 15) is 9.59 Å². The van der Waals surface area contributed by atoms with Gasteiger partial charge in [0.15, 0.2) is 0 Å². The van der Waals surface area contributed by atoms with E-state index in [4.69, 9.17) is 0 Å². The first-order valence-corrected chi connectivity index (χ1v) is 8.07. The van der Waals surface area contributed by atoms with E-state index in [1.807, 2.05) is 24.4 Å². The molecule has 0 radical (unpaired) electrons. The third-order valence-corrected chi connectivity index (χ3v) is 4.45. The second-order valence-corrected chi connectivity index (χ2v) is 6.48. The first-order valence-electron chi connectivity index (χ1n) is 7.19. The molecule has 0 bridgehead atoms. The number of thiazole rings is 1. The molecule has 0 aliphatic carbocycles. The molecule has 22 heavy (non-hydrogen) atoms. The second-order valence-electron chi connectivity index (χ2n) is 5.41. The Labute approximate surface area is 132 Å². The Morgan fingerprint density at radius 2 is 2.18 bits per heavy atom. The van der Waals surface area contributed by atoms with Gasteiger partial charge >= 0.3 is 0 Å². The van der Waals surface area contributed by atoms with Gasteiger partial charge in [-0.25, -0.2) is 4.98 Å². The molecule has 1 atom stereocenters. The van der Waals surface area contributed by atoms with Gasteiger partial charge in [-0.05, 0) is 19.1 Å². The van der Waals surface area contributed by atoms with Crippen LogP contribution in [0.5, 0.6) is 0 Å². The lowest BCUT2D eigenvalue weighted by atomic mass is 10.1. The molecule has 1 saturated heterocycles. The number of aryl methyl sites for hydroxylation is 1.